The number of aliphatic hydroxyl groups is 2. The van der Waals surface area contributed by atoms with Gasteiger partial charge in [0.25, 0.3) is 0 Å². The molecule has 2 aromatic rings. The Morgan fingerprint density at radius 2 is 1.23 bits per heavy atom. The number of aromatic hydroxyl groups is 2. The van der Waals surface area contributed by atoms with Crippen molar-refractivity contribution in [1.29, 1.82) is 0 Å². The first-order valence-electron chi connectivity index (χ1n) is 11.6. The number of rotatable bonds is 9. The molecule has 0 spiro atoms. The molecule has 208 valence electrons. The standard InChI is InChI=1S/C27H28O12/c1-36-19-11-15(3-7-17(19)28)5-9-23(30)38-21-13-27(35,26(33)34)14-22(25(21)32)39-24(31)10-6-16-4-8-18(29)20(12-16)37-2/h3-12,21-22,25,28-29,32,35H,13-14H2,1-2H3,(H,33,34)/b9-5+,10-6+/t21-,22-,25?,27?/m1/s1. The van der Waals surface area contributed by atoms with Gasteiger partial charge in [0.15, 0.2) is 28.6 Å². The second-order valence-corrected chi connectivity index (χ2v) is 8.72. The lowest BCUT2D eigenvalue weighted by atomic mass is 9.79. The molecule has 5 N–H and O–H groups in total. The van der Waals surface area contributed by atoms with Gasteiger partial charge in [-0.2, -0.15) is 0 Å². The van der Waals surface area contributed by atoms with Crippen LogP contribution in [0, 0.1) is 0 Å². The van der Waals surface area contributed by atoms with Crippen LogP contribution in [0.4, 0.5) is 0 Å². The van der Waals surface area contributed by atoms with E-state index < -0.39 is 54.7 Å². The molecule has 0 aliphatic heterocycles. The third kappa shape index (κ3) is 7.27. The van der Waals surface area contributed by atoms with Crippen LogP contribution in [0.25, 0.3) is 12.2 Å². The van der Waals surface area contributed by atoms with E-state index in [0.717, 1.165) is 12.2 Å². The van der Waals surface area contributed by atoms with Crippen molar-refractivity contribution in [2.24, 2.45) is 0 Å². The van der Waals surface area contributed by atoms with Crippen LogP contribution in [0.1, 0.15) is 24.0 Å². The van der Waals surface area contributed by atoms with Crippen LogP contribution in [-0.2, 0) is 23.9 Å². The number of phenolic OH excluding ortho intramolecular Hbond substituents is 2. The number of ether oxygens (including phenoxy) is 4. The number of carboxylic acid groups (broad SMARTS) is 1. The summed E-state index contributed by atoms with van der Waals surface area (Å²) in [7, 11) is 2.71. The number of phenols is 2. The summed E-state index contributed by atoms with van der Waals surface area (Å²) < 4.78 is 20.4. The van der Waals surface area contributed by atoms with Gasteiger partial charge in [0, 0.05) is 25.0 Å². The quantitative estimate of drug-likeness (QED) is 0.227. The number of esters is 2. The minimum Gasteiger partial charge on any atom is -0.504 e. The summed E-state index contributed by atoms with van der Waals surface area (Å²) in [6, 6.07) is 8.61. The summed E-state index contributed by atoms with van der Waals surface area (Å²) in [4.78, 5) is 36.6. The van der Waals surface area contributed by atoms with Gasteiger partial charge in [0.05, 0.1) is 14.2 Å². The van der Waals surface area contributed by atoms with Crippen molar-refractivity contribution in [3.63, 3.8) is 0 Å². The Bertz CT molecular complexity index is 1190. The molecule has 0 radical (unpaired) electrons. The van der Waals surface area contributed by atoms with Gasteiger partial charge in [-0.05, 0) is 47.5 Å². The molecule has 39 heavy (non-hydrogen) atoms. The summed E-state index contributed by atoms with van der Waals surface area (Å²) in [6.45, 7) is 0. The zero-order chi connectivity index (χ0) is 28.7. The highest BCUT2D eigenvalue weighted by molar-refractivity contribution is 5.88. The van der Waals surface area contributed by atoms with Crippen LogP contribution in [0.2, 0.25) is 0 Å². The fourth-order valence-electron chi connectivity index (χ4n) is 3.93. The lowest BCUT2D eigenvalue weighted by Crippen LogP contribution is -2.58. The van der Waals surface area contributed by atoms with Gasteiger partial charge in [0.2, 0.25) is 0 Å². The van der Waals surface area contributed by atoms with Gasteiger partial charge in [-0.25, -0.2) is 14.4 Å². The molecule has 0 saturated heterocycles. The molecule has 1 saturated carbocycles. The summed E-state index contributed by atoms with van der Waals surface area (Å²) in [5.41, 5.74) is -1.51. The summed E-state index contributed by atoms with van der Waals surface area (Å²) in [5.74, 6) is -3.44. The van der Waals surface area contributed by atoms with Crippen LogP contribution in [0.3, 0.4) is 0 Å². The second kappa shape index (κ2) is 12.3. The lowest BCUT2D eigenvalue weighted by Gasteiger charge is -2.40. The van der Waals surface area contributed by atoms with Crippen molar-refractivity contribution < 1.29 is 58.9 Å². The fraction of sp³-hybridized carbons (Fsp3) is 0.296. The van der Waals surface area contributed by atoms with Crippen molar-refractivity contribution in [2.45, 2.75) is 36.8 Å². The number of aliphatic hydroxyl groups excluding tert-OH is 1. The first-order valence-corrected chi connectivity index (χ1v) is 11.6. The molecule has 2 atom stereocenters. The number of hydrogen-bond donors (Lipinski definition) is 5. The smallest absolute Gasteiger partial charge is 0.335 e. The average molecular weight is 545 g/mol. The molecule has 12 heteroatoms. The van der Waals surface area contributed by atoms with E-state index in [1.807, 2.05) is 0 Å². The Balaban J connectivity index is 1.71. The maximum absolute atomic E-state index is 12.4. The fourth-order valence-corrected chi connectivity index (χ4v) is 3.93. The molecular weight excluding hydrogens is 516 g/mol. The molecule has 0 heterocycles. The maximum Gasteiger partial charge on any atom is 0.335 e. The Hall–Kier alpha value is -4.55. The molecule has 0 bridgehead atoms. The van der Waals surface area contributed by atoms with Gasteiger partial charge in [-0.3, -0.25) is 0 Å². The maximum atomic E-state index is 12.4. The molecule has 3 rings (SSSR count). The normalized spacial score (nSPS) is 22.9. The molecular formula is C27H28O12. The van der Waals surface area contributed by atoms with Gasteiger partial charge in [0.1, 0.15) is 18.3 Å². The zero-order valence-electron chi connectivity index (χ0n) is 21.0. The summed E-state index contributed by atoms with van der Waals surface area (Å²) >= 11 is 0. The van der Waals surface area contributed by atoms with Crippen molar-refractivity contribution in [1.82, 2.24) is 0 Å². The number of carbonyl (C=O) groups is 3. The predicted molar refractivity (Wildman–Crippen MR) is 135 cm³/mol. The van der Waals surface area contributed by atoms with E-state index in [9.17, 15) is 39.9 Å². The second-order valence-electron chi connectivity index (χ2n) is 8.72. The van der Waals surface area contributed by atoms with Crippen LogP contribution in [0.5, 0.6) is 23.0 Å². The van der Waals surface area contributed by atoms with Gasteiger partial charge in [-0.15, -0.1) is 0 Å². The number of carboxylic acids is 1. The topological polar surface area (TPSA) is 189 Å². The molecule has 0 amide bonds. The van der Waals surface area contributed by atoms with Gasteiger partial charge in [-0.1, -0.05) is 12.1 Å². The van der Waals surface area contributed by atoms with Crippen molar-refractivity contribution in [3.8, 4) is 23.0 Å². The lowest BCUT2D eigenvalue weighted by molar-refractivity contribution is -0.203. The Morgan fingerprint density at radius 3 is 1.59 bits per heavy atom. The summed E-state index contributed by atoms with van der Waals surface area (Å²) in [5, 5.41) is 50.2. The van der Waals surface area contributed by atoms with Crippen molar-refractivity contribution in [3.05, 3.63) is 59.7 Å². The summed E-state index contributed by atoms with van der Waals surface area (Å²) in [6.07, 6.45) is -1.29. The van der Waals surface area contributed by atoms with Crippen molar-refractivity contribution in [2.75, 3.05) is 14.2 Å². The minimum absolute atomic E-state index is 0.103. The third-order valence-electron chi connectivity index (χ3n) is 6.00. The number of hydrogen-bond acceptors (Lipinski definition) is 11. The molecule has 1 aliphatic rings. The number of benzene rings is 2. The predicted octanol–water partition coefficient (Wildman–Crippen LogP) is 1.64. The Morgan fingerprint density at radius 1 is 0.821 bits per heavy atom. The van der Waals surface area contributed by atoms with E-state index in [1.165, 1.54) is 62.8 Å². The van der Waals surface area contributed by atoms with Crippen molar-refractivity contribution >= 4 is 30.1 Å². The van der Waals surface area contributed by atoms with E-state index in [4.69, 9.17) is 18.9 Å². The third-order valence-corrected chi connectivity index (χ3v) is 6.00. The number of carbonyl (C=O) groups excluding carboxylic acids is 2. The SMILES string of the molecule is COc1cc(/C=C/C(=O)O[C@@H]2CC(O)(C(=O)O)C[C@@H](OC(=O)/C=C/c3ccc(O)c(OC)c3)C2O)ccc1O. The zero-order valence-corrected chi connectivity index (χ0v) is 21.0. The van der Waals surface area contributed by atoms with E-state index in [0.29, 0.717) is 11.1 Å². The van der Waals surface area contributed by atoms with E-state index >= 15 is 0 Å². The highest BCUT2D eigenvalue weighted by Gasteiger charge is 2.52. The molecule has 2 aromatic carbocycles. The average Bonchev–Trinajstić information content (AvgIpc) is 2.90. The molecule has 0 unspecified atom stereocenters. The highest BCUT2D eigenvalue weighted by Crippen LogP contribution is 2.34. The van der Waals surface area contributed by atoms with Crippen LogP contribution >= 0.6 is 0 Å². The van der Waals surface area contributed by atoms with Gasteiger partial charge >= 0.3 is 17.9 Å². The highest BCUT2D eigenvalue weighted by atomic mass is 16.6. The molecule has 0 aromatic heterocycles. The molecule has 1 aliphatic carbocycles. The minimum atomic E-state index is -2.45. The number of methoxy groups -OCH3 is 2. The van der Waals surface area contributed by atoms with E-state index in [1.54, 1.807) is 0 Å². The Labute approximate surface area is 222 Å². The number of aliphatic carboxylic acids is 1. The van der Waals surface area contributed by atoms with Gasteiger partial charge < -0.3 is 44.5 Å². The monoisotopic (exact) mass is 544 g/mol. The van der Waals surface area contributed by atoms with E-state index in [-0.39, 0.29) is 23.0 Å². The van der Waals surface area contributed by atoms with E-state index in [2.05, 4.69) is 0 Å². The molecule has 1 fully saturated rings. The van der Waals surface area contributed by atoms with Crippen LogP contribution < -0.4 is 9.47 Å². The first-order chi connectivity index (χ1) is 18.4. The molecule has 12 nitrogen and oxygen atoms in total. The first kappa shape index (κ1) is 29.0. The van der Waals surface area contributed by atoms with Crippen LogP contribution in [-0.4, -0.2) is 81.6 Å². The van der Waals surface area contributed by atoms with Crippen LogP contribution in [0.15, 0.2) is 48.6 Å². The largest absolute Gasteiger partial charge is 0.504 e. The Kier molecular flexibility index (Phi) is 9.17.